The number of rotatable bonds is 5. The van der Waals surface area contributed by atoms with Crippen LogP contribution in [0.2, 0.25) is 5.02 Å². The van der Waals surface area contributed by atoms with Crippen molar-refractivity contribution in [3.63, 3.8) is 0 Å². The van der Waals surface area contributed by atoms with E-state index >= 15 is 0 Å². The molecule has 0 bridgehead atoms. The summed E-state index contributed by atoms with van der Waals surface area (Å²) in [5.74, 6) is -0.123. The molecule has 136 valence electrons. The molecule has 2 N–H and O–H groups in total. The summed E-state index contributed by atoms with van der Waals surface area (Å²) in [6, 6.07) is 12.7. The number of benzene rings is 2. The molecule has 0 saturated carbocycles. The Morgan fingerprint density at radius 2 is 2.00 bits per heavy atom. The van der Waals surface area contributed by atoms with Gasteiger partial charge >= 0.3 is 0 Å². The summed E-state index contributed by atoms with van der Waals surface area (Å²) in [5, 5.41) is 11.0. The molecular formula is C19H19ClN2O3S. The smallest absolute Gasteiger partial charge is 0.297 e. The number of hydrogen-bond acceptors (Lipinski definition) is 5. The molecule has 0 aliphatic heterocycles. The minimum absolute atomic E-state index is 0.228. The van der Waals surface area contributed by atoms with Crippen LogP contribution < -0.4 is 9.62 Å². The van der Waals surface area contributed by atoms with Gasteiger partial charge in [-0.3, -0.25) is 9.52 Å². The molecule has 0 saturated heterocycles. The standard InChI is InChI=1S/C19H19ClN2O3S/c1-11(23)12-5-7-15(20)18(9-12)26-21-19(24)17-8-13-4-6-14(22(2)3)10-16(13)25-17/h4-11,23H,1-3H3,(H,21,24). The van der Waals surface area contributed by atoms with E-state index in [0.717, 1.165) is 28.6 Å². The first-order chi connectivity index (χ1) is 12.3. The molecule has 0 spiro atoms. The second kappa shape index (κ2) is 7.61. The fraction of sp³-hybridized carbons (Fsp3) is 0.211. The lowest BCUT2D eigenvalue weighted by molar-refractivity contribution is 0.0959. The van der Waals surface area contributed by atoms with Crippen LogP contribution in [0.1, 0.15) is 29.1 Å². The van der Waals surface area contributed by atoms with Crippen LogP contribution in [0.25, 0.3) is 11.0 Å². The topological polar surface area (TPSA) is 65.7 Å². The molecule has 1 heterocycles. The molecule has 0 radical (unpaired) electrons. The van der Waals surface area contributed by atoms with Crippen LogP contribution in [0.3, 0.4) is 0 Å². The number of anilines is 1. The summed E-state index contributed by atoms with van der Waals surface area (Å²) in [6.07, 6.45) is -0.608. The van der Waals surface area contributed by atoms with E-state index in [1.807, 2.05) is 37.2 Å². The third-order valence-corrected chi connectivity index (χ3v) is 5.22. The molecule has 1 amide bonds. The molecule has 1 aromatic heterocycles. The Hall–Kier alpha value is -2.15. The molecular weight excluding hydrogens is 372 g/mol. The highest BCUT2D eigenvalue weighted by Gasteiger charge is 2.14. The van der Waals surface area contributed by atoms with Crippen molar-refractivity contribution in [2.24, 2.45) is 0 Å². The van der Waals surface area contributed by atoms with Gasteiger partial charge in [0, 0.05) is 36.1 Å². The third-order valence-electron chi connectivity index (χ3n) is 3.94. The first-order valence-electron chi connectivity index (χ1n) is 8.01. The van der Waals surface area contributed by atoms with Gasteiger partial charge in [-0.25, -0.2) is 0 Å². The summed E-state index contributed by atoms with van der Waals surface area (Å²) in [5.41, 5.74) is 2.38. The van der Waals surface area contributed by atoms with E-state index in [1.165, 1.54) is 0 Å². The minimum atomic E-state index is -0.608. The Bertz CT molecular complexity index is 953. The summed E-state index contributed by atoms with van der Waals surface area (Å²) in [4.78, 5) is 15.0. The number of amides is 1. The number of aliphatic hydroxyl groups is 1. The molecule has 3 rings (SSSR count). The van der Waals surface area contributed by atoms with Crippen molar-refractivity contribution in [3.05, 3.63) is 58.8 Å². The lowest BCUT2D eigenvalue weighted by Crippen LogP contribution is -2.14. The van der Waals surface area contributed by atoms with Crippen LogP contribution in [0.5, 0.6) is 0 Å². The van der Waals surface area contributed by atoms with Gasteiger partial charge in [-0.1, -0.05) is 17.7 Å². The number of carbonyl (C=O) groups excluding carboxylic acids is 1. The number of furan rings is 1. The molecule has 0 aliphatic rings. The summed E-state index contributed by atoms with van der Waals surface area (Å²) in [6.45, 7) is 1.67. The van der Waals surface area contributed by atoms with E-state index in [2.05, 4.69) is 4.72 Å². The maximum Gasteiger partial charge on any atom is 0.297 e. The van der Waals surface area contributed by atoms with Gasteiger partial charge in [-0.2, -0.15) is 0 Å². The van der Waals surface area contributed by atoms with E-state index in [4.69, 9.17) is 16.0 Å². The highest BCUT2D eigenvalue weighted by Crippen LogP contribution is 2.29. The van der Waals surface area contributed by atoms with Crippen LogP contribution >= 0.6 is 23.5 Å². The quantitative estimate of drug-likeness (QED) is 0.621. The zero-order chi connectivity index (χ0) is 18.8. The van der Waals surface area contributed by atoms with E-state index < -0.39 is 6.10 Å². The molecule has 7 heteroatoms. The van der Waals surface area contributed by atoms with Crippen LogP contribution in [0.15, 0.2) is 51.8 Å². The SMILES string of the molecule is CC(O)c1ccc(Cl)c(SNC(=O)c2cc3ccc(N(C)C)cc3o2)c1. The fourth-order valence-corrected chi connectivity index (χ4v) is 3.32. The summed E-state index contributed by atoms with van der Waals surface area (Å²) < 4.78 is 8.40. The van der Waals surface area contributed by atoms with Crippen molar-refractivity contribution in [2.45, 2.75) is 17.9 Å². The van der Waals surface area contributed by atoms with E-state index in [9.17, 15) is 9.90 Å². The van der Waals surface area contributed by atoms with Crippen LogP contribution in [0, 0.1) is 0 Å². The van der Waals surface area contributed by atoms with Crippen molar-refractivity contribution in [1.29, 1.82) is 0 Å². The Morgan fingerprint density at radius 1 is 1.23 bits per heavy atom. The number of aliphatic hydroxyl groups excluding tert-OH is 1. The second-order valence-corrected chi connectivity index (χ2v) is 7.38. The third kappa shape index (κ3) is 3.98. The number of hydrogen-bond donors (Lipinski definition) is 2. The lowest BCUT2D eigenvalue weighted by Gasteiger charge is -2.11. The Kier molecular flexibility index (Phi) is 5.46. The van der Waals surface area contributed by atoms with Crippen molar-refractivity contribution < 1.29 is 14.3 Å². The molecule has 0 fully saturated rings. The largest absolute Gasteiger partial charge is 0.451 e. The Labute approximate surface area is 161 Å². The normalized spacial score (nSPS) is 12.2. The van der Waals surface area contributed by atoms with E-state index in [1.54, 1.807) is 31.2 Å². The zero-order valence-electron chi connectivity index (χ0n) is 14.6. The van der Waals surface area contributed by atoms with Crippen molar-refractivity contribution in [2.75, 3.05) is 19.0 Å². The second-order valence-electron chi connectivity index (χ2n) is 6.13. The van der Waals surface area contributed by atoms with Crippen molar-refractivity contribution in [1.82, 2.24) is 4.72 Å². The highest BCUT2D eigenvalue weighted by molar-refractivity contribution is 7.98. The molecule has 1 atom stereocenters. The average molecular weight is 391 g/mol. The number of nitrogens with zero attached hydrogens (tertiary/aromatic N) is 1. The van der Waals surface area contributed by atoms with E-state index in [0.29, 0.717) is 15.5 Å². The molecule has 1 unspecified atom stereocenters. The van der Waals surface area contributed by atoms with Gasteiger partial charge in [-0.05, 0) is 54.8 Å². The maximum absolute atomic E-state index is 12.4. The van der Waals surface area contributed by atoms with Gasteiger partial charge in [0.25, 0.3) is 5.91 Å². The average Bonchev–Trinajstić information content (AvgIpc) is 3.03. The van der Waals surface area contributed by atoms with Crippen LogP contribution in [-0.2, 0) is 0 Å². The summed E-state index contributed by atoms with van der Waals surface area (Å²) >= 11 is 7.25. The van der Waals surface area contributed by atoms with Crippen LogP contribution in [0.4, 0.5) is 5.69 Å². The monoisotopic (exact) mass is 390 g/mol. The fourth-order valence-electron chi connectivity index (χ4n) is 2.42. The number of fused-ring (bicyclic) bond motifs is 1. The van der Waals surface area contributed by atoms with Crippen LogP contribution in [-0.4, -0.2) is 25.1 Å². The molecule has 0 aliphatic carbocycles. The zero-order valence-corrected chi connectivity index (χ0v) is 16.2. The Morgan fingerprint density at radius 3 is 2.69 bits per heavy atom. The van der Waals surface area contributed by atoms with Gasteiger partial charge in [0.2, 0.25) is 0 Å². The Balaban J connectivity index is 1.76. The van der Waals surface area contributed by atoms with Crippen molar-refractivity contribution in [3.8, 4) is 0 Å². The maximum atomic E-state index is 12.4. The number of nitrogens with one attached hydrogen (secondary N) is 1. The predicted octanol–water partition coefficient (Wildman–Crippen LogP) is 4.64. The lowest BCUT2D eigenvalue weighted by atomic mass is 10.1. The molecule has 5 nitrogen and oxygen atoms in total. The van der Waals surface area contributed by atoms with Gasteiger partial charge in [0.1, 0.15) is 5.58 Å². The minimum Gasteiger partial charge on any atom is -0.451 e. The van der Waals surface area contributed by atoms with Gasteiger partial charge in [0.05, 0.1) is 11.1 Å². The van der Waals surface area contributed by atoms with Gasteiger partial charge in [-0.15, -0.1) is 0 Å². The molecule has 2 aromatic carbocycles. The van der Waals surface area contributed by atoms with Gasteiger partial charge in [0.15, 0.2) is 5.76 Å². The predicted molar refractivity (Wildman–Crippen MR) is 106 cm³/mol. The highest BCUT2D eigenvalue weighted by atomic mass is 35.5. The molecule has 26 heavy (non-hydrogen) atoms. The first-order valence-corrected chi connectivity index (χ1v) is 9.20. The van der Waals surface area contributed by atoms with Gasteiger partial charge < -0.3 is 14.4 Å². The molecule has 3 aromatic rings. The first kappa shape index (κ1) is 18.6. The van der Waals surface area contributed by atoms with E-state index in [-0.39, 0.29) is 11.7 Å². The summed E-state index contributed by atoms with van der Waals surface area (Å²) in [7, 11) is 3.89. The number of halogens is 1. The number of carbonyl (C=O) groups is 1. The van der Waals surface area contributed by atoms with Crippen molar-refractivity contribution >= 4 is 46.1 Å².